The van der Waals surface area contributed by atoms with Crippen LogP contribution >= 0.6 is 0 Å². The van der Waals surface area contributed by atoms with Gasteiger partial charge in [-0.15, -0.1) is 0 Å². The number of carbonyl (C=O) groups is 2. The molecule has 0 saturated heterocycles. The van der Waals surface area contributed by atoms with E-state index in [1.807, 2.05) is 60.7 Å². The van der Waals surface area contributed by atoms with Gasteiger partial charge in [-0.2, -0.15) is 0 Å². The van der Waals surface area contributed by atoms with Crippen molar-refractivity contribution >= 4 is 17.5 Å². The maximum absolute atomic E-state index is 13.1. The lowest BCUT2D eigenvalue weighted by atomic mass is 9.83. The summed E-state index contributed by atoms with van der Waals surface area (Å²) in [5.74, 6) is -0.365. The average Bonchev–Trinajstić information content (AvgIpc) is 3.01. The third-order valence-electron chi connectivity index (χ3n) is 4.84. The number of Topliss-reactive ketones (excluding diaryl/α,β-unsaturated/α-hetero) is 1. The van der Waals surface area contributed by atoms with Crippen molar-refractivity contribution < 1.29 is 14.7 Å². The minimum atomic E-state index is -1.27. The minimum Gasteiger partial charge on any atom is -0.511 e. The summed E-state index contributed by atoms with van der Waals surface area (Å²) in [7, 11) is 0. The molecule has 2 aromatic carbocycles. The second-order valence-corrected chi connectivity index (χ2v) is 6.46. The maximum Gasteiger partial charge on any atom is 0.262 e. The van der Waals surface area contributed by atoms with Gasteiger partial charge in [0.1, 0.15) is 11.6 Å². The van der Waals surface area contributed by atoms with Crippen LogP contribution in [0.4, 0.5) is 0 Å². The van der Waals surface area contributed by atoms with Crippen LogP contribution in [0.15, 0.2) is 77.0 Å². The molecule has 0 saturated carbocycles. The summed E-state index contributed by atoms with van der Waals surface area (Å²) in [6.07, 6.45) is 1.37. The van der Waals surface area contributed by atoms with E-state index in [4.69, 9.17) is 0 Å². The Morgan fingerprint density at radius 3 is 2.00 bits per heavy atom. The second kappa shape index (κ2) is 6.26. The lowest BCUT2D eigenvalue weighted by Gasteiger charge is -2.24. The highest BCUT2D eigenvalue weighted by Gasteiger charge is 2.48. The van der Waals surface area contributed by atoms with E-state index in [-0.39, 0.29) is 28.9 Å². The smallest absolute Gasteiger partial charge is 0.262 e. The van der Waals surface area contributed by atoms with Gasteiger partial charge >= 0.3 is 0 Å². The van der Waals surface area contributed by atoms with Gasteiger partial charge in [-0.1, -0.05) is 60.7 Å². The van der Waals surface area contributed by atoms with E-state index < -0.39 is 5.54 Å². The average molecular weight is 346 g/mol. The molecule has 1 aliphatic carbocycles. The minimum absolute atomic E-state index is 0.00257. The number of allylic oxidation sites excluding steroid dienone is 1. The highest BCUT2D eigenvalue weighted by atomic mass is 16.3. The number of amides is 1. The molecule has 2 N–H and O–H groups in total. The zero-order valence-electron chi connectivity index (χ0n) is 14.1. The largest absolute Gasteiger partial charge is 0.511 e. The van der Waals surface area contributed by atoms with Gasteiger partial charge in [0, 0.05) is 12.8 Å². The van der Waals surface area contributed by atoms with Crippen molar-refractivity contribution in [1.29, 1.82) is 0 Å². The summed E-state index contributed by atoms with van der Waals surface area (Å²) < 4.78 is 0. The standard InChI is InChI=1S/C21H18N2O3/c24-16-12-7-13-17(25)18(16)19-22-20(26)21(23-19,14-8-3-1-4-9-14)15-10-5-2-6-11-15/h1-6,8-11,24H,7,12-13H2,(H,22,23,26). The van der Waals surface area contributed by atoms with E-state index in [2.05, 4.69) is 10.3 Å². The first-order valence-corrected chi connectivity index (χ1v) is 8.61. The summed E-state index contributed by atoms with van der Waals surface area (Å²) in [6.45, 7) is 0. The highest BCUT2D eigenvalue weighted by molar-refractivity contribution is 6.28. The van der Waals surface area contributed by atoms with Crippen LogP contribution in [0.25, 0.3) is 0 Å². The molecule has 2 aliphatic rings. The number of ketones is 1. The quantitative estimate of drug-likeness (QED) is 0.897. The van der Waals surface area contributed by atoms with Gasteiger partial charge in [0.2, 0.25) is 0 Å². The van der Waals surface area contributed by atoms with E-state index >= 15 is 0 Å². The van der Waals surface area contributed by atoms with Gasteiger partial charge in [0.25, 0.3) is 5.91 Å². The lowest BCUT2D eigenvalue weighted by Crippen LogP contribution is -2.39. The Morgan fingerprint density at radius 1 is 0.885 bits per heavy atom. The van der Waals surface area contributed by atoms with Crippen LogP contribution < -0.4 is 5.32 Å². The number of nitrogens with one attached hydrogen (secondary N) is 1. The summed E-state index contributed by atoms with van der Waals surface area (Å²) in [4.78, 5) is 30.1. The molecule has 0 bridgehead atoms. The molecule has 130 valence electrons. The van der Waals surface area contributed by atoms with E-state index in [1.165, 1.54) is 0 Å². The predicted molar refractivity (Wildman–Crippen MR) is 97.8 cm³/mol. The first kappa shape index (κ1) is 16.3. The summed E-state index contributed by atoms with van der Waals surface area (Å²) in [5, 5.41) is 13.0. The van der Waals surface area contributed by atoms with Crippen molar-refractivity contribution in [1.82, 2.24) is 5.32 Å². The molecule has 0 unspecified atom stereocenters. The fourth-order valence-electron chi connectivity index (χ4n) is 3.58. The van der Waals surface area contributed by atoms with Gasteiger partial charge in [0.05, 0.1) is 5.57 Å². The van der Waals surface area contributed by atoms with Crippen LogP contribution in [0.2, 0.25) is 0 Å². The number of carbonyl (C=O) groups excluding carboxylic acids is 2. The fourth-order valence-corrected chi connectivity index (χ4v) is 3.58. The van der Waals surface area contributed by atoms with Gasteiger partial charge in [-0.3, -0.25) is 9.59 Å². The third-order valence-corrected chi connectivity index (χ3v) is 4.84. The lowest BCUT2D eigenvalue weighted by molar-refractivity contribution is -0.122. The van der Waals surface area contributed by atoms with Crippen molar-refractivity contribution in [2.24, 2.45) is 4.99 Å². The van der Waals surface area contributed by atoms with Gasteiger partial charge in [-0.25, -0.2) is 4.99 Å². The number of aliphatic imine (C=N–C) groups is 1. The zero-order chi connectivity index (χ0) is 18.1. The number of aliphatic hydroxyl groups is 1. The summed E-state index contributed by atoms with van der Waals surface area (Å²) in [6, 6.07) is 18.5. The molecule has 26 heavy (non-hydrogen) atoms. The van der Waals surface area contributed by atoms with Gasteiger partial charge in [-0.05, 0) is 17.5 Å². The number of hydrogen-bond donors (Lipinski definition) is 2. The zero-order valence-corrected chi connectivity index (χ0v) is 14.1. The first-order valence-electron chi connectivity index (χ1n) is 8.61. The predicted octanol–water partition coefficient (Wildman–Crippen LogP) is 3.02. The fraction of sp³-hybridized carbons (Fsp3) is 0.190. The number of nitrogens with zero attached hydrogens (tertiary/aromatic N) is 1. The van der Waals surface area contributed by atoms with Crippen LogP contribution in [0.1, 0.15) is 30.4 Å². The van der Waals surface area contributed by atoms with Crippen molar-refractivity contribution in [2.45, 2.75) is 24.8 Å². The van der Waals surface area contributed by atoms with E-state index in [1.54, 1.807) is 0 Å². The van der Waals surface area contributed by atoms with E-state index in [9.17, 15) is 14.7 Å². The molecular weight excluding hydrogens is 328 g/mol. The summed E-state index contributed by atoms with van der Waals surface area (Å²) >= 11 is 0. The Morgan fingerprint density at radius 2 is 1.46 bits per heavy atom. The van der Waals surface area contributed by atoms with Crippen molar-refractivity contribution in [3.63, 3.8) is 0 Å². The van der Waals surface area contributed by atoms with Crippen LogP contribution in [0, 0.1) is 0 Å². The topological polar surface area (TPSA) is 78.8 Å². The molecule has 0 aromatic heterocycles. The van der Waals surface area contributed by atoms with Crippen LogP contribution in [-0.4, -0.2) is 22.6 Å². The van der Waals surface area contributed by atoms with E-state index in [0.717, 1.165) is 0 Å². The van der Waals surface area contributed by atoms with Gasteiger partial charge in [0.15, 0.2) is 11.3 Å². The van der Waals surface area contributed by atoms with Crippen molar-refractivity contribution in [3.8, 4) is 0 Å². The molecule has 0 spiro atoms. The highest BCUT2D eigenvalue weighted by Crippen LogP contribution is 2.38. The van der Waals surface area contributed by atoms with Crippen LogP contribution in [-0.2, 0) is 15.1 Å². The molecule has 4 rings (SSSR count). The first-order chi connectivity index (χ1) is 12.6. The third kappa shape index (κ3) is 2.44. The number of benzene rings is 2. The molecule has 5 nitrogen and oxygen atoms in total. The van der Waals surface area contributed by atoms with Crippen molar-refractivity contribution in [3.05, 3.63) is 83.1 Å². The number of aliphatic hydroxyl groups excluding tert-OH is 1. The molecule has 0 radical (unpaired) electrons. The number of amidine groups is 1. The Labute approximate surface area is 151 Å². The Balaban J connectivity index is 1.94. The maximum atomic E-state index is 13.1. The molecule has 1 heterocycles. The van der Waals surface area contributed by atoms with E-state index in [0.29, 0.717) is 30.4 Å². The summed E-state index contributed by atoms with van der Waals surface area (Å²) in [5.41, 5.74) is 0.283. The Kier molecular flexibility index (Phi) is 3.92. The van der Waals surface area contributed by atoms with Crippen LogP contribution in [0.3, 0.4) is 0 Å². The van der Waals surface area contributed by atoms with Crippen LogP contribution in [0.5, 0.6) is 0 Å². The number of rotatable bonds is 3. The Hall–Kier alpha value is -3.21. The molecule has 0 atom stereocenters. The molecule has 0 fully saturated rings. The van der Waals surface area contributed by atoms with Crippen molar-refractivity contribution in [2.75, 3.05) is 0 Å². The molecule has 2 aromatic rings. The molecule has 1 aliphatic heterocycles. The molecular formula is C21H18N2O3. The monoisotopic (exact) mass is 346 g/mol. The SMILES string of the molecule is O=C1CCCC(O)=C1C1=NC(c2ccccc2)(c2ccccc2)C(=O)N1. The Bertz CT molecular complexity index is 891. The number of hydrogen-bond acceptors (Lipinski definition) is 4. The second-order valence-electron chi connectivity index (χ2n) is 6.46. The van der Waals surface area contributed by atoms with Gasteiger partial charge < -0.3 is 10.4 Å². The molecule has 1 amide bonds. The normalized spacial score (nSPS) is 19.3. The molecule has 5 heteroatoms.